The number of ether oxygens (including phenoxy) is 6. The normalized spacial score (nSPS) is 12.6. The van der Waals surface area contributed by atoms with Crippen molar-refractivity contribution in [3.63, 3.8) is 0 Å². The van der Waals surface area contributed by atoms with Gasteiger partial charge in [0, 0.05) is 20.8 Å². The zero-order valence-corrected chi connectivity index (χ0v) is 22.7. The Labute approximate surface area is 223 Å². The van der Waals surface area contributed by atoms with Crippen LogP contribution >= 0.6 is 0 Å². The van der Waals surface area contributed by atoms with Crippen LogP contribution in [0.2, 0.25) is 0 Å². The van der Waals surface area contributed by atoms with Crippen molar-refractivity contribution in [1.29, 1.82) is 0 Å². The summed E-state index contributed by atoms with van der Waals surface area (Å²) < 4.78 is 28.7. The predicted molar refractivity (Wildman–Crippen MR) is 138 cm³/mol. The van der Waals surface area contributed by atoms with Crippen molar-refractivity contribution in [3.8, 4) is 0 Å². The molecule has 1 N–H and O–H groups in total. The predicted octanol–water partition coefficient (Wildman–Crippen LogP) is 2.00. The van der Waals surface area contributed by atoms with Gasteiger partial charge in [-0.3, -0.25) is 14.4 Å². The van der Waals surface area contributed by atoms with Gasteiger partial charge >= 0.3 is 29.8 Å². The summed E-state index contributed by atoms with van der Waals surface area (Å²) >= 11 is 0. The van der Waals surface area contributed by atoms with Gasteiger partial charge in [0.1, 0.15) is 6.10 Å². The van der Waals surface area contributed by atoms with Crippen molar-refractivity contribution in [2.24, 2.45) is 0 Å². The first-order valence-corrected chi connectivity index (χ1v) is 11.4. The second-order valence-corrected chi connectivity index (χ2v) is 6.71. The van der Waals surface area contributed by atoms with Gasteiger partial charge in [-0.2, -0.15) is 0 Å². The minimum atomic E-state index is -1.06. The van der Waals surface area contributed by atoms with Crippen LogP contribution in [0.3, 0.4) is 0 Å². The monoisotopic (exact) mass is 544 g/mol. The number of aliphatic hydroxyl groups is 1. The summed E-state index contributed by atoms with van der Waals surface area (Å²) in [5.74, 6) is -2.84. The summed E-state index contributed by atoms with van der Waals surface area (Å²) in [6.45, 7) is 21.5. The zero-order chi connectivity index (χ0) is 30.1. The molecule has 216 valence electrons. The molecule has 4 unspecified atom stereocenters. The lowest BCUT2D eigenvalue weighted by atomic mass is 10.2. The van der Waals surface area contributed by atoms with Gasteiger partial charge in [-0.15, -0.1) is 19.7 Å². The minimum Gasteiger partial charge on any atom is -0.464 e. The van der Waals surface area contributed by atoms with Crippen LogP contribution in [-0.4, -0.2) is 85.8 Å². The van der Waals surface area contributed by atoms with Crippen LogP contribution in [0, 0.1) is 0 Å². The van der Waals surface area contributed by atoms with Crippen molar-refractivity contribution in [3.05, 3.63) is 50.6 Å². The lowest BCUT2D eigenvalue weighted by molar-refractivity contribution is -0.168. The number of aliphatic hydroxyl groups excluding tert-OH is 1. The Bertz CT molecular complexity index is 762. The van der Waals surface area contributed by atoms with Crippen LogP contribution in [0.1, 0.15) is 34.6 Å². The van der Waals surface area contributed by atoms with E-state index in [2.05, 4.69) is 31.1 Å². The van der Waals surface area contributed by atoms with Crippen molar-refractivity contribution < 1.29 is 57.5 Å². The van der Waals surface area contributed by atoms with Gasteiger partial charge in [0.05, 0.1) is 26.4 Å². The summed E-state index contributed by atoms with van der Waals surface area (Å²) in [5, 5.41) is 9.36. The van der Waals surface area contributed by atoms with E-state index in [4.69, 9.17) is 23.7 Å². The summed E-state index contributed by atoms with van der Waals surface area (Å²) in [6, 6.07) is 0. The van der Waals surface area contributed by atoms with E-state index in [1.54, 1.807) is 13.8 Å². The Morgan fingerprint density at radius 1 is 0.711 bits per heavy atom. The number of carbonyl (C=O) groups is 5. The van der Waals surface area contributed by atoms with Gasteiger partial charge in [-0.25, -0.2) is 9.59 Å². The summed E-state index contributed by atoms with van der Waals surface area (Å²) in [7, 11) is 0. The highest BCUT2D eigenvalue weighted by molar-refractivity contribution is 5.82. The molecule has 0 spiro atoms. The van der Waals surface area contributed by atoms with Gasteiger partial charge < -0.3 is 33.5 Å². The second-order valence-electron chi connectivity index (χ2n) is 6.71. The summed E-state index contributed by atoms with van der Waals surface area (Å²) in [4.78, 5) is 53.4. The molecule has 4 atom stereocenters. The molecule has 0 heterocycles. The first-order chi connectivity index (χ1) is 17.9. The van der Waals surface area contributed by atoms with E-state index in [-0.39, 0.29) is 26.4 Å². The van der Waals surface area contributed by atoms with E-state index in [1.165, 1.54) is 45.1 Å². The molecular weight excluding hydrogens is 504 g/mol. The highest BCUT2D eigenvalue weighted by atomic mass is 16.6. The third kappa shape index (κ3) is 21.7. The highest BCUT2D eigenvalue weighted by Crippen LogP contribution is 2.09. The fraction of sp³-hybridized carbons (Fsp3) is 0.500. The molecule has 12 heteroatoms. The molecular formula is C26H40O12. The molecule has 0 bridgehead atoms. The molecule has 12 nitrogen and oxygen atoms in total. The maximum atomic E-state index is 11.6. The number of rotatable bonds is 15. The smallest absolute Gasteiger partial charge is 0.339 e. The fourth-order valence-electron chi connectivity index (χ4n) is 2.15. The maximum Gasteiger partial charge on any atom is 0.339 e. The van der Waals surface area contributed by atoms with Crippen LogP contribution in [-0.2, 0) is 52.4 Å². The molecule has 0 aromatic heterocycles. The molecule has 0 saturated carbocycles. The first-order valence-electron chi connectivity index (χ1n) is 11.4. The van der Waals surface area contributed by atoms with Crippen LogP contribution < -0.4 is 0 Å². The highest BCUT2D eigenvalue weighted by Gasteiger charge is 2.30. The number of hydrogen-bond acceptors (Lipinski definition) is 12. The molecule has 0 aliphatic rings. The average molecular weight is 545 g/mol. The molecule has 0 aliphatic carbocycles. The van der Waals surface area contributed by atoms with Gasteiger partial charge in [0.15, 0.2) is 18.3 Å². The lowest BCUT2D eigenvalue weighted by Gasteiger charge is -2.22. The van der Waals surface area contributed by atoms with Crippen molar-refractivity contribution in [1.82, 2.24) is 0 Å². The quantitative estimate of drug-likeness (QED) is 0.138. The Hall–Kier alpha value is -3.61. The van der Waals surface area contributed by atoms with Crippen molar-refractivity contribution in [2.75, 3.05) is 26.4 Å². The van der Waals surface area contributed by atoms with E-state index in [1.807, 2.05) is 0 Å². The second kappa shape index (κ2) is 25.1. The summed E-state index contributed by atoms with van der Waals surface area (Å²) in [5.41, 5.74) is 0. The van der Waals surface area contributed by atoms with Gasteiger partial charge in [-0.05, 0) is 19.9 Å². The maximum absolute atomic E-state index is 11.6. The molecule has 0 aromatic carbocycles. The van der Waals surface area contributed by atoms with Crippen LogP contribution in [0.25, 0.3) is 0 Å². The standard InChI is InChI=1S/C12H18O5.C10H16O4.C4H6O3/c1-5-8-16-11(12(14)15-7-3)10(6-2)17-9(4)13;1-4-7-14-9(8(11)5-2)10(12)13-6-3;1-3(5)7-4(2)6/h5-6,10-11H,1-2,7-8H2,3-4H3;4-5,8-9,11H,1-2,6-7H2,3H3;1-2H3. The average Bonchev–Trinajstić information content (AvgIpc) is 2.83. The van der Waals surface area contributed by atoms with Crippen molar-refractivity contribution >= 4 is 29.8 Å². The van der Waals surface area contributed by atoms with Gasteiger partial charge in [-0.1, -0.05) is 24.8 Å². The van der Waals surface area contributed by atoms with Crippen molar-refractivity contribution in [2.45, 2.75) is 59.0 Å². The van der Waals surface area contributed by atoms with Gasteiger partial charge in [0.25, 0.3) is 0 Å². The first kappa shape index (κ1) is 38.9. The Morgan fingerprint density at radius 2 is 1.13 bits per heavy atom. The minimum absolute atomic E-state index is 0.148. The molecule has 0 radical (unpaired) electrons. The number of carbonyl (C=O) groups excluding carboxylic acids is 5. The number of hydrogen-bond donors (Lipinski definition) is 1. The third-order valence-electron chi connectivity index (χ3n) is 3.50. The lowest BCUT2D eigenvalue weighted by Crippen LogP contribution is -2.39. The Balaban J connectivity index is -0.000000524. The van der Waals surface area contributed by atoms with E-state index in [0.29, 0.717) is 0 Å². The molecule has 0 aliphatic heterocycles. The molecule has 0 saturated heterocycles. The van der Waals surface area contributed by atoms with E-state index < -0.39 is 54.3 Å². The Kier molecular flexibility index (Phi) is 25.7. The van der Waals surface area contributed by atoms with Gasteiger partial charge in [0.2, 0.25) is 0 Å². The fourth-order valence-corrected chi connectivity index (χ4v) is 2.15. The number of esters is 5. The van der Waals surface area contributed by atoms with E-state index >= 15 is 0 Å². The molecule has 0 aromatic rings. The van der Waals surface area contributed by atoms with E-state index in [0.717, 1.165) is 0 Å². The largest absolute Gasteiger partial charge is 0.464 e. The molecule has 0 amide bonds. The molecule has 0 rings (SSSR count). The van der Waals surface area contributed by atoms with Crippen LogP contribution in [0.5, 0.6) is 0 Å². The summed E-state index contributed by atoms with van der Waals surface area (Å²) in [6.07, 6.45) is 1.55. The third-order valence-corrected chi connectivity index (χ3v) is 3.50. The topological polar surface area (TPSA) is 161 Å². The van der Waals surface area contributed by atoms with Crippen LogP contribution in [0.15, 0.2) is 50.6 Å². The zero-order valence-electron chi connectivity index (χ0n) is 22.7. The van der Waals surface area contributed by atoms with Crippen LogP contribution in [0.4, 0.5) is 0 Å². The van der Waals surface area contributed by atoms with E-state index in [9.17, 15) is 29.1 Å². The Morgan fingerprint density at radius 3 is 1.42 bits per heavy atom. The molecule has 38 heavy (non-hydrogen) atoms. The molecule has 0 fully saturated rings. The SMILES string of the molecule is C=CCOC(C(=O)OCC)C(C=C)OC(C)=O.C=CCOC(C(=O)OCC)C(O)C=C.CC(=O)OC(C)=O.